The Morgan fingerprint density at radius 1 is 1.26 bits per heavy atom. The van der Waals surface area contributed by atoms with Crippen molar-refractivity contribution in [2.75, 3.05) is 13.6 Å². The molecule has 3 heterocycles. The van der Waals surface area contributed by atoms with Gasteiger partial charge in [-0.25, -0.2) is 0 Å². The standard InChI is InChI=1S/C16H25N3/c1-12-3-4-14(18-9-12)11-17-10-13-7-15-5-6-16(8-13)19(15)2/h3-4,9,13,15-17H,5-8,10-11H2,1-2H3. The highest BCUT2D eigenvalue weighted by Crippen LogP contribution is 2.36. The first kappa shape index (κ1) is 13.1. The molecule has 2 aliphatic rings. The number of rotatable bonds is 4. The van der Waals surface area contributed by atoms with Crippen LogP contribution in [-0.4, -0.2) is 35.6 Å². The SMILES string of the molecule is Cc1ccc(CNCC2CC3CCC(C2)N3C)nc1. The van der Waals surface area contributed by atoms with E-state index in [0.717, 1.165) is 36.8 Å². The molecule has 1 aromatic heterocycles. The van der Waals surface area contributed by atoms with Gasteiger partial charge in [0.15, 0.2) is 0 Å². The second kappa shape index (κ2) is 5.59. The predicted molar refractivity (Wildman–Crippen MR) is 78.0 cm³/mol. The molecular formula is C16H25N3. The Morgan fingerprint density at radius 3 is 2.63 bits per heavy atom. The molecule has 3 rings (SSSR count). The minimum absolute atomic E-state index is 0.850. The molecule has 1 N–H and O–H groups in total. The number of nitrogens with zero attached hydrogens (tertiary/aromatic N) is 2. The lowest BCUT2D eigenvalue weighted by Gasteiger charge is -2.36. The fraction of sp³-hybridized carbons (Fsp3) is 0.688. The van der Waals surface area contributed by atoms with Crippen LogP contribution in [-0.2, 0) is 6.54 Å². The van der Waals surface area contributed by atoms with E-state index in [-0.39, 0.29) is 0 Å². The largest absolute Gasteiger partial charge is 0.311 e. The minimum Gasteiger partial charge on any atom is -0.311 e. The molecular weight excluding hydrogens is 234 g/mol. The van der Waals surface area contributed by atoms with Gasteiger partial charge in [0.2, 0.25) is 0 Å². The molecule has 1 aromatic rings. The first-order valence-electron chi connectivity index (χ1n) is 7.56. The number of hydrogen-bond acceptors (Lipinski definition) is 3. The Bertz CT molecular complexity index is 401. The van der Waals surface area contributed by atoms with E-state index in [0.29, 0.717) is 0 Å². The molecule has 19 heavy (non-hydrogen) atoms. The molecule has 2 saturated heterocycles. The molecule has 0 saturated carbocycles. The molecule has 0 radical (unpaired) electrons. The van der Waals surface area contributed by atoms with Crippen molar-refractivity contribution in [3.63, 3.8) is 0 Å². The van der Waals surface area contributed by atoms with Crippen molar-refractivity contribution >= 4 is 0 Å². The Hall–Kier alpha value is -0.930. The number of nitrogens with one attached hydrogen (secondary N) is 1. The monoisotopic (exact) mass is 259 g/mol. The van der Waals surface area contributed by atoms with Crippen LogP contribution in [0.4, 0.5) is 0 Å². The Labute approximate surface area is 116 Å². The Kier molecular flexibility index (Phi) is 3.85. The molecule has 2 unspecified atom stereocenters. The smallest absolute Gasteiger partial charge is 0.0541 e. The fourth-order valence-electron chi connectivity index (χ4n) is 3.70. The second-order valence-electron chi connectivity index (χ2n) is 6.35. The molecule has 2 atom stereocenters. The summed E-state index contributed by atoms with van der Waals surface area (Å²) in [7, 11) is 2.31. The van der Waals surface area contributed by atoms with E-state index in [1.54, 1.807) is 0 Å². The zero-order chi connectivity index (χ0) is 13.2. The lowest BCUT2D eigenvalue weighted by atomic mass is 9.91. The van der Waals surface area contributed by atoms with Crippen molar-refractivity contribution in [3.05, 3.63) is 29.6 Å². The normalized spacial score (nSPS) is 30.7. The number of piperidine rings is 1. The summed E-state index contributed by atoms with van der Waals surface area (Å²) in [5.41, 5.74) is 2.39. The van der Waals surface area contributed by atoms with E-state index >= 15 is 0 Å². The predicted octanol–water partition coefficient (Wildman–Crippen LogP) is 2.35. The van der Waals surface area contributed by atoms with E-state index in [4.69, 9.17) is 0 Å². The molecule has 0 aliphatic carbocycles. The van der Waals surface area contributed by atoms with Gasteiger partial charge in [-0.3, -0.25) is 4.98 Å². The van der Waals surface area contributed by atoms with Gasteiger partial charge >= 0.3 is 0 Å². The van der Waals surface area contributed by atoms with Crippen molar-refractivity contribution in [3.8, 4) is 0 Å². The van der Waals surface area contributed by atoms with Gasteiger partial charge < -0.3 is 10.2 Å². The van der Waals surface area contributed by atoms with Crippen molar-refractivity contribution < 1.29 is 0 Å². The maximum absolute atomic E-state index is 4.44. The molecule has 2 bridgehead atoms. The maximum atomic E-state index is 4.44. The van der Waals surface area contributed by atoms with E-state index in [2.05, 4.69) is 41.3 Å². The summed E-state index contributed by atoms with van der Waals surface area (Å²) >= 11 is 0. The fourth-order valence-corrected chi connectivity index (χ4v) is 3.70. The Balaban J connectivity index is 1.45. The van der Waals surface area contributed by atoms with Gasteiger partial charge in [-0.2, -0.15) is 0 Å². The number of pyridine rings is 1. The summed E-state index contributed by atoms with van der Waals surface area (Å²) in [6.45, 7) is 4.14. The van der Waals surface area contributed by atoms with Crippen LogP contribution in [0.1, 0.15) is 36.9 Å². The zero-order valence-electron chi connectivity index (χ0n) is 12.1. The second-order valence-corrected chi connectivity index (χ2v) is 6.35. The van der Waals surface area contributed by atoms with Gasteiger partial charge in [-0.15, -0.1) is 0 Å². The summed E-state index contributed by atoms with van der Waals surface area (Å²) in [6, 6.07) is 5.96. The average molecular weight is 259 g/mol. The topological polar surface area (TPSA) is 28.2 Å². The summed E-state index contributed by atoms with van der Waals surface area (Å²) in [6.07, 6.45) is 7.53. The number of hydrogen-bond donors (Lipinski definition) is 1. The number of aryl methyl sites for hydroxylation is 1. The summed E-state index contributed by atoms with van der Waals surface area (Å²) in [4.78, 5) is 7.05. The lowest BCUT2D eigenvalue weighted by molar-refractivity contribution is 0.133. The third kappa shape index (κ3) is 2.98. The first-order chi connectivity index (χ1) is 9.22. The molecule has 0 amide bonds. The molecule has 3 heteroatoms. The molecule has 2 fully saturated rings. The highest BCUT2D eigenvalue weighted by molar-refractivity contribution is 5.11. The highest BCUT2D eigenvalue weighted by atomic mass is 15.2. The maximum Gasteiger partial charge on any atom is 0.0541 e. The van der Waals surface area contributed by atoms with Gasteiger partial charge in [0.25, 0.3) is 0 Å². The number of fused-ring (bicyclic) bond motifs is 2. The van der Waals surface area contributed by atoms with Crippen LogP contribution in [0, 0.1) is 12.8 Å². The van der Waals surface area contributed by atoms with Gasteiger partial charge in [0, 0.05) is 24.8 Å². The van der Waals surface area contributed by atoms with Gasteiger partial charge in [0.1, 0.15) is 0 Å². The van der Waals surface area contributed by atoms with E-state index in [1.807, 2.05) is 6.20 Å². The summed E-state index contributed by atoms with van der Waals surface area (Å²) in [5.74, 6) is 0.860. The van der Waals surface area contributed by atoms with Crippen LogP contribution in [0.2, 0.25) is 0 Å². The quantitative estimate of drug-likeness (QED) is 0.899. The summed E-state index contributed by atoms with van der Waals surface area (Å²) in [5, 5.41) is 3.59. The molecule has 3 nitrogen and oxygen atoms in total. The van der Waals surface area contributed by atoms with E-state index in [1.165, 1.54) is 31.2 Å². The van der Waals surface area contributed by atoms with Crippen LogP contribution in [0.5, 0.6) is 0 Å². The van der Waals surface area contributed by atoms with Gasteiger partial charge in [-0.05, 0) is 63.7 Å². The van der Waals surface area contributed by atoms with Crippen molar-refractivity contribution in [1.29, 1.82) is 0 Å². The van der Waals surface area contributed by atoms with Crippen LogP contribution in [0.3, 0.4) is 0 Å². The van der Waals surface area contributed by atoms with Gasteiger partial charge in [0.05, 0.1) is 5.69 Å². The van der Waals surface area contributed by atoms with E-state index < -0.39 is 0 Å². The summed E-state index contributed by atoms with van der Waals surface area (Å²) < 4.78 is 0. The Morgan fingerprint density at radius 2 is 2.00 bits per heavy atom. The third-order valence-electron chi connectivity index (χ3n) is 4.91. The molecule has 0 spiro atoms. The van der Waals surface area contributed by atoms with Crippen molar-refractivity contribution in [1.82, 2.24) is 15.2 Å². The van der Waals surface area contributed by atoms with Gasteiger partial charge in [-0.1, -0.05) is 6.07 Å². The number of aromatic nitrogens is 1. The third-order valence-corrected chi connectivity index (χ3v) is 4.91. The minimum atomic E-state index is 0.850. The molecule has 0 aromatic carbocycles. The molecule has 104 valence electrons. The first-order valence-corrected chi connectivity index (χ1v) is 7.56. The lowest BCUT2D eigenvalue weighted by Crippen LogP contribution is -2.42. The van der Waals surface area contributed by atoms with Crippen LogP contribution >= 0.6 is 0 Å². The zero-order valence-corrected chi connectivity index (χ0v) is 12.1. The molecule has 2 aliphatic heterocycles. The average Bonchev–Trinajstić information content (AvgIpc) is 2.64. The highest BCUT2D eigenvalue weighted by Gasteiger charge is 2.37. The van der Waals surface area contributed by atoms with Crippen LogP contribution < -0.4 is 5.32 Å². The van der Waals surface area contributed by atoms with Crippen molar-refractivity contribution in [2.24, 2.45) is 5.92 Å². The van der Waals surface area contributed by atoms with Crippen molar-refractivity contribution in [2.45, 2.75) is 51.2 Å². The van der Waals surface area contributed by atoms with Crippen LogP contribution in [0.15, 0.2) is 18.3 Å². The van der Waals surface area contributed by atoms with E-state index in [9.17, 15) is 0 Å². The van der Waals surface area contributed by atoms with Crippen LogP contribution in [0.25, 0.3) is 0 Å².